The molecule has 0 bridgehead atoms. The average molecular weight is 474 g/mol. The number of para-hydroxylation sites is 2. The summed E-state index contributed by atoms with van der Waals surface area (Å²) in [5.74, 6) is 1.66. The maximum Gasteiger partial charge on any atom is 0.266 e. The number of hydrogen-bond donors (Lipinski definition) is 0. The van der Waals surface area contributed by atoms with Gasteiger partial charge in [0.2, 0.25) is 0 Å². The molecule has 6 rings (SSSR count). The highest BCUT2D eigenvalue weighted by molar-refractivity contribution is 6.35. The summed E-state index contributed by atoms with van der Waals surface area (Å²) in [6, 6.07) is 14.7. The number of amides is 2. The van der Waals surface area contributed by atoms with Crippen molar-refractivity contribution in [2.45, 2.75) is 13.0 Å². The monoisotopic (exact) mass is 473 g/mol. The van der Waals surface area contributed by atoms with E-state index in [1.807, 2.05) is 38.2 Å². The average Bonchev–Trinajstić information content (AvgIpc) is 3.31. The van der Waals surface area contributed by atoms with Gasteiger partial charge >= 0.3 is 0 Å². The highest BCUT2D eigenvalue weighted by atomic mass is 16.6. The fourth-order valence-electron chi connectivity index (χ4n) is 5.03. The Balaban J connectivity index is 1.17. The molecule has 9 nitrogen and oxygen atoms in total. The van der Waals surface area contributed by atoms with Crippen molar-refractivity contribution in [3.05, 3.63) is 65.4 Å². The normalized spacial score (nSPS) is 19.9. The Labute approximate surface area is 203 Å². The Morgan fingerprint density at radius 1 is 0.914 bits per heavy atom. The summed E-state index contributed by atoms with van der Waals surface area (Å²) < 4.78 is 13.7. The molecule has 180 valence electrons. The summed E-state index contributed by atoms with van der Waals surface area (Å²) in [7, 11) is 1.84. The Bertz CT molecular complexity index is 1280. The van der Waals surface area contributed by atoms with Gasteiger partial charge in [0.15, 0.2) is 17.3 Å². The van der Waals surface area contributed by atoms with Crippen LogP contribution in [0, 0.1) is 6.92 Å². The van der Waals surface area contributed by atoms with Crippen LogP contribution in [0.1, 0.15) is 26.4 Å². The van der Waals surface area contributed by atoms with Gasteiger partial charge in [0, 0.05) is 39.8 Å². The van der Waals surface area contributed by atoms with Crippen molar-refractivity contribution in [1.82, 2.24) is 14.7 Å². The number of carbonyl (C=O) groups is 2. The first kappa shape index (κ1) is 21.7. The molecule has 0 aliphatic carbocycles. The van der Waals surface area contributed by atoms with Gasteiger partial charge < -0.3 is 14.4 Å². The number of anilines is 2. The van der Waals surface area contributed by atoms with E-state index in [9.17, 15) is 9.59 Å². The molecular formula is C26H27N5O4. The van der Waals surface area contributed by atoms with Gasteiger partial charge in [0.25, 0.3) is 11.8 Å². The van der Waals surface area contributed by atoms with Crippen molar-refractivity contribution in [3.63, 3.8) is 0 Å². The predicted octanol–water partition coefficient (Wildman–Crippen LogP) is 2.49. The van der Waals surface area contributed by atoms with Gasteiger partial charge in [0.05, 0.1) is 16.8 Å². The van der Waals surface area contributed by atoms with Gasteiger partial charge in [-0.2, -0.15) is 5.10 Å². The lowest BCUT2D eigenvalue weighted by Gasteiger charge is -2.38. The molecule has 3 aromatic rings. The molecule has 4 heterocycles. The molecule has 1 unspecified atom stereocenters. The lowest BCUT2D eigenvalue weighted by atomic mass is 10.1. The van der Waals surface area contributed by atoms with Crippen LogP contribution in [0.5, 0.6) is 11.5 Å². The van der Waals surface area contributed by atoms with E-state index < -0.39 is 0 Å². The van der Waals surface area contributed by atoms with Crippen LogP contribution in [0.3, 0.4) is 0 Å². The van der Waals surface area contributed by atoms with E-state index in [0.717, 1.165) is 49.9 Å². The SMILES string of the molecule is Cc1c(N2C(=O)c3ccccc3C2=O)c(N2CCN(CC3COc4ccccc4O3)CC2)nn1C. The lowest BCUT2D eigenvalue weighted by Crippen LogP contribution is -2.51. The summed E-state index contributed by atoms with van der Waals surface area (Å²) in [4.78, 5) is 32.2. The third-order valence-corrected chi connectivity index (χ3v) is 7.00. The van der Waals surface area contributed by atoms with Crippen LogP contribution in [-0.2, 0) is 7.05 Å². The number of rotatable bonds is 4. The topological polar surface area (TPSA) is 80.1 Å². The second-order valence-electron chi connectivity index (χ2n) is 9.16. The van der Waals surface area contributed by atoms with Gasteiger partial charge in [-0.05, 0) is 31.2 Å². The molecule has 0 saturated carbocycles. The molecule has 35 heavy (non-hydrogen) atoms. The maximum absolute atomic E-state index is 13.2. The first-order valence-electron chi connectivity index (χ1n) is 11.9. The molecule has 2 amide bonds. The van der Waals surface area contributed by atoms with Crippen LogP contribution < -0.4 is 19.3 Å². The molecule has 1 aromatic heterocycles. The highest BCUT2D eigenvalue weighted by Gasteiger charge is 2.41. The van der Waals surface area contributed by atoms with Crippen molar-refractivity contribution in [2.75, 3.05) is 49.1 Å². The second kappa shape index (κ2) is 8.42. The van der Waals surface area contributed by atoms with Crippen LogP contribution in [0.25, 0.3) is 0 Å². The molecule has 0 spiro atoms. The van der Waals surface area contributed by atoms with Gasteiger partial charge in [0.1, 0.15) is 18.4 Å². The number of hydrogen-bond acceptors (Lipinski definition) is 7. The maximum atomic E-state index is 13.2. The third-order valence-electron chi connectivity index (χ3n) is 7.00. The first-order chi connectivity index (χ1) is 17.0. The first-order valence-corrected chi connectivity index (χ1v) is 11.9. The zero-order valence-corrected chi connectivity index (χ0v) is 19.8. The molecule has 1 atom stereocenters. The molecule has 3 aliphatic rings. The Morgan fingerprint density at radius 3 is 2.23 bits per heavy atom. The van der Waals surface area contributed by atoms with Gasteiger partial charge in [-0.1, -0.05) is 24.3 Å². The Hall–Kier alpha value is -3.85. The minimum Gasteiger partial charge on any atom is -0.486 e. The minimum atomic E-state index is -0.295. The molecule has 3 aliphatic heterocycles. The van der Waals surface area contributed by atoms with E-state index in [0.29, 0.717) is 29.2 Å². The second-order valence-corrected chi connectivity index (χ2v) is 9.16. The zero-order valence-electron chi connectivity index (χ0n) is 19.8. The number of carbonyl (C=O) groups excluding carboxylic acids is 2. The lowest BCUT2D eigenvalue weighted by molar-refractivity contribution is 0.0571. The molecule has 2 aromatic carbocycles. The number of aromatic nitrogens is 2. The Morgan fingerprint density at radius 2 is 1.54 bits per heavy atom. The van der Waals surface area contributed by atoms with E-state index >= 15 is 0 Å². The van der Waals surface area contributed by atoms with Crippen LogP contribution in [0.2, 0.25) is 0 Å². The van der Waals surface area contributed by atoms with Gasteiger partial charge in [-0.3, -0.25) is 19.2 Å². The Kier molecular flexibility index (Phi) is 5.21. The van der Waals surface area contributed by atoms with Crippen molar-refractivity contribution >= 4 is 23.3 Å². The number of aryl methyl sites for hydroxylation is 1. The number of imide groups is 1. The van der Waals surface area contributed by atoms with Crippen LogP contribution in [0.4, 0.5) is 11.5 Å². The molecule has 0 N–H and O–H groups in total. The number of ether oxygens (including phenoxy) is 2. The number of nitrogens with zero attached hydrogens (tertiary/aromatic N) is 5. The fraction of sp³-hybridized carbons (Fsp3) is 0.346. The van der Waals surface area contributed by atoms with E-state index in [1.54, 1.807) is 28.9 Å². The van der Waals surface area contributed by atoms with Gasteiger partial charge in [-0.25, -0.2) is 4.90 Å². The third kappa shape index (κ3) is 3.63. The summed E-state index contributed by atoms with van der Waals surface area (Å²) in [5, 5.41) is 4.71. The summed E-state index contributed by atoms with van der Waals surface area (Å²) in [5.41, 5.74) is 2.23. The van der Waals surface area contributed by atoms with E-state index in [1.165, 1.54) is 4.90 Å². The molecule has 1 saturated heterocycles. The number of benzene rings is 2. The standard InChI is InChI=1S/C26H27N5O4/c1-17-23(31-25(32)19-7-3-4-8-20(19)26(31)33)24(27-28(17)2)30-13-11-29(12-14-30)15-18-16-34-21-9-5-6-10-22(21)35-18/h3-10,18H,11-16H2,1-2H3. The summed E-state index contributed by atoms with van der Waals surface area (Å²) >= 11 is 0. The van der Waals surface area contributed by atoms with E-state index in [-0.39, 0.29) is 17.9 Å². The largest absolute Gasteiger partial charge is 0.486 e. The fourth-order valence-corrected chi connectivity index (χ4v) is 5.03. The van der Waals surface area contributed by atoms with Crippen molar-refractivity contribution in [2.24, 2.45) is 7.05 Å². The summed E-state index contributed by atoms with van der Waals surface area (Å²) in [6.45, 7) is 6.30. The highest BCUT2D eigenvalue weighted by Crippen LogP contribution is 2.38. The van der Waals surface area contributed by atoms with Crippen molar-refractivity contribution in [3.8, 4) is 11.5 Å². The quantitative estimate of drug-likeness (QED) is 0.539. The van der Waals surface area contributed by atoms with Crippen LogP contribution >= 0.6 is 0 Å². The zero-order chi connectivity index (χ0) is 24.1. The van der Waals surface area contributed by atoms with E-state index in [2.05, 4.69) is 9.80 Å². The number of piperazine rings is 1. The van der Waals surface area contributed by atoms with Crippen molar-refractivity contribution < 1.29 is 19.1 Å². The predicted molar refractivity (Wildman–Crippen MR) is 131 cm³/mol. The van der Waals surface area contributed by atoms with Crippen molar-refractivity contribution in [1.29, 1.82) is 0 Å². The van der Waals surface area contributed by atoms with Crippen LogP contribution in [-0.4, -0.2) is 71.9 Å². The number of fused-ring (bicyclic) bond motifs is 2. The van der Waals surface area contributed by atoms with Gasteiger partial charge in [-0.15, -0.1) is 0 Å². The van der Waals surface area contributed by atoms with E-state index in [4.69, 9.17) is 14.6 Å². The smallest absolute Gasteiger partial charge is 0.266 e. The molecule has 0 radical (unpaired) electrons. The molecule has 9 heteroatoms. The molecule has 1 fully saturated rings. The minimum absolute atomic E-state index is 0.0255. The summed E-state index contributed by atoms with van der Waals surface area (Å²) in [6.07, 6.45) is -0.0255. The van der Waals surface area contributed by atoms with Crippen LogP contribution in [0.15, 0.2) is 48.5 Å². The molecular weight excluding hydrogens is 446 g/mol.